The van der Waals surface area contributed by atoms with Gasteiger partial charge >= 0.3 is 0 Å². The lowest BCUT2D eigenvalue weighted by atomic mass is 10.1. The predicted molar refractivity (Wildman–Crippen MR) is 82.4 cm³/mol. The van der Waals surface area contributed by atoms with E-state index in [2.05, 4.69) is 11.4 Å². The van der Waals surface area contributed by atoms with Crippen molar-refractivity contribution in [3.63, 3.8) is 0 Å². The first-order chi connectivity index (χ1) is 8.83. The average molecular weight is 299 g/mol. The molecule has 0 heterocycles. The second kappa shape index (κ2) is 8.11. The van der Waals surface area contributed by atoms with Gasteiger partial charge in [-0.15, -0.1) is 12.4 Å². The summed E-state index contributed by atoms with van der Waals surface area (Å²) >= 11 is 0. The largest absolute Gasteiger partial charge is 0.489 e. The molecular formula is C15H23ClN2O2. The highest BCUT2D eigenvalue weighted by atomic mass is 35.5. The highest BCUT2D eigenvalue weighted by Crippen LogP contribution is 2.20. The summed E-state index contributed by atoms with van der Waals surface area (Å²) in [6, 6.07) is 7.57. The number of ether oxygens (including phenoxy) is 1. The lowest BCUT2D eigenvalue weighted by Gasteiger charge is -2.23. The quantitative estimate of drug-likeness (QED) is 0.876. The molecule has 0 amide bonds. The molecule has 0 saturated heterocycles. The summed E-state index contributed by atoms with van der Waals surface area (Å²) in [6.45, 7) is 8.60. The van der Waals surface area contributed by atoms with Crippen molar-refractivity contribution in [2.24, 2.45) is 0 Å². The van der Waals surface area contributed by atoms with Gasteiger partial charge in [0.25, 0.3) is 0 Å². The van der Waals surface area contributed by atoms with Gasteiger partial charge in [-0.1, -0.05) is 12.1 Å². The zero-order chi connectivity index (χ0) is 14.5. The summed E-state index contributed by atoms with van der Waals surface area (Å²) < 4.78 is 5.52. The lowest BCUT2D eigenvalue weighted by Crippen LogP contribution is -2.42. The Hall–Kier alpha value is -1.28. The smallest absolute Gasteiger partial charge is 0.137 e. The number of rotatable bonds is 5. The molecular weight excluding hydrogens is 276 g/mol. The van der Waals surface area contributed by atoms with Crippen LogP contribution in [0.25, 0.3) is 0 Å². The summed E-state index contributed by atoms with van der Waals surface area (Å²) in [5, 5.41) is 22.1. The lowest BCUT2D eigenvalue weighted by molar-refractivity contribution is 0.0999. The van der Waals surface area contributed by atoms with E-state index in [0.29, 0.717) is 17.9 Å². The Morgan fingerprint density at radius 3 is 2.60 bits per heavy atom. The van der Waals surface area contributed by atoms with Gasteiger partial charge in [0.15, 0.2) is 0 Å². The minimum atomic E-state index is -0.605. The van der Waals surface area contributed by atoms with Crippen molar-refractivity contribution >= 4 is 12.4 Å². The Bertz CT molecular complexity index is 464. The average Bonchev–Trinajstić information content (AvgIpc) is 2.33. The number of aliphatic hydroxyl groups excluding tert-OH is 1. The van der Waals surface area contributed by atoms with Crippen LogP contribution in [-0.4, -0.2) is 29.9 Å². The first-order valence-electron chi connectivity index (χ1n) is 6.39. The highest BCUT2D eigenvalue weighted by molar-refractivity contribution is 5.85. The molecule has 1 unspecified atom stereocenters. The van der Waals surface area contributed by atoms with Crippen molar-refractivity contribution in [1.29, 1.82) is 5.26 Å². The summed E-state index contributed by atoms with van der Waals surface area (Å²) in [5.74, 6) is 0.525. The summed E-state index contributed by atoms with van der Waals surface area (Å²) in [5.41, 5.74) is 1.36. The third-order valence-corrected chi connectivity index (χ3v) is 2.65. The zero-order valence-electron chi connectivity index (χ0n) is 12.4. The minimum Gasteiger partial charge on any atom is -0.489 e. The van der Waals surface area contributed by atoms with Gasteiger partial charge in [0.1, 0.15) is 24.5 Å². The van der Waals surface area contributed by atoms with Crippen LogP contribution in [0.15, 0.2) is 18.2 Å². The Kier molecular flexibility index (Phi) is 7.59. The van der Waals surface area contributed by atoms with E-state index in [1.807, 2.05) is 39.8 Å². The van der Waals surface area contributed by atoms with E-state index in [1.54, 1.807) is 6.07 Å². The van der Waals surface area contributed by atoms with Gasteiger partial charge in [0.2, 0.25) is 0 Å². The molecule has 0 fully saturated rings. The molecule has 0 aliphatic rings. The van der Waals surface area contributed by atoms with Crippen LogP contribution in [0.4, 0.5) is 0 Å². The fraction of sp³-hybridized carbons (Fsp3) is 0.533. The molecule has 112 valence electrons. The number of nitrogens with zero attached hydrogens (tertiary/aromatic N) is 1. The maximum Gasteiger partial charge on any atom is 0.137 e. The fourth-order valence-corrected chi connectivity index (χ4v) is 1.57. The van der Waals surface area contributed by atoms with Crippen LogP contribution in [0.3, 0.4) is 0 Å². The number of aliphatic hydroxyl groups is 1. The number of benzene rings is 1. The number of hydrogen-bond donors (Lipinski definition) is 2. The van der Waals surface area contributed by atoms with E-state index < -0.39 is 6.10 Å². The molecule has 5 heteroatoms. The number of nitriles is 1. The van der Waals surface area contributed by atoms with Gasteiger partial charge in [-0.25, -0.2) is 0 Å². The normalized spacial score (nSPS) is 12.2. The number of nitrogens with one attached hydrogen (secondary N) is 1. The first-order valence-corrected chi connectivity index (χ1v) is 6.39. The monoisotopic (exact) mass is 298 g/mol. The van der Waals surface area contributed by atoms with Crippen LogP contribution in [0.1, 0.15) is 31.9 Å². The van der Waals surface area contributed by atoms with E-state index >= 15 is 0 Å². The molecule has 4 nitrogen and oxygen atoms in total. The Morgan fingerprint density at radius 1 is 1.40 bits per heavy atom. The third kappa shape index (κ3) is 6.25. The Balaban J connectivity index is 0.00000361. The molecule has 0 radical (unpaired) electrons. The van der Waals surface area contributed by atoms with Crippen molar-refractivity contribution in [2.75, 3.05) is 13.2 Å². The second-order valence-electron chi connectivity index (χ2n) is 5.66. The highest BCUT2D eigenvalue weighted by Gasteiger charge is 2.13. The molecule has 1 aromatic rings. The van der Waals surface area contributed by atoms with E-state index in [4.69, 9.17) is 10.00 Å². The molecule has 0 aliphatic heterocycles. The summed E-state index contributed by atoms with van der Waals surface area (Å²) in [6.07, 6.45) is -0.605. The molecule has 2 N–H and O–H groups in total. The maximum absolute atomic E-state index is 9.84. The fourth-order valence-electron chi connectivity index (χ4n) is 1.57. The molecule has 1 atom stereocenters. The molecule has 0 aromatic heterocycles. The Labute approximate surface area is 127 Å². The maximum atomic E-state index is 9.84. The van der Waals surface area contributed by atoms with Crippen LogP contribution in [0.5, 0.6) is 5.75 Å². The van der Waals surface area contributed by atoms with Crippen molar-refractivity contribution in [3.05, 3.63) is 29.3 Å². The van der Waals surface area contributed by atoms with E-state index in [0.717, 1.165) is 5.56 Å². The second-order valence-corrected chi connectivity index (χ2v) is 5.66. The topological polar surface area (TPSA) is 65.3 Å². The van der Waals surface area contributed by atoms with Crippen LogP contribution in [0.2, 0.25) is 0 Å². The number of hydrogen-bond acceptors (Lipinski definition) is 4. The van der Waals surface area contributed by atoms with Gasteiger partial charge in [-0.3, -0.25) is 0 Å². The van der Waals surface area contributed by atoms with Crippen molar-refractivity contribution in [3.8, 4) is 11.8 Å². The summed E-state index contributed by atoms with van der Waals surface area (Å²) in [4.78, 5) is 0. The SMILES string of the molecule is Cc1cccc(OCC(O)CNC(C)(C)C)c1C#N.Cl. The summed E-state index contributed by atoms with van der Waals surface area (Å²) in [7, 11) is 0. The number of aryl methyl sites for hydroxylation is 1. The predicted octanol–water partition coefficient (Wildman–Crippen LogP) is 2.42. The molecule has 20 heavy (non-hydrogen) atoms. The van der Waals surface area contributed by atoms with Crippen LogP contribution < -0.4 is 10.1 Å². The van der Waals surface area contributed by atoms with Gasteiger partial charge in [-0.2, -0.15) is 5.26 Å². The molecule has 1 aromatic carbocycles. The van der Waals surface area contributed by atoms with Crippen molar-refractivity contribution < 1.29 is 9.84 Å². The van der Waals surface area contributed by atoms with E-state index in [9.17, 15) is 5.11 Å². The molecule has 0 aliphatic carbocycles. The van der Waals surface area contributed by atoms with E-state index in [1.165, 1.54) is 0 Å². The van der Waals surface area contributed by atoms with Crippen LogP contribution in [-0.2, 0) is 0 Å². The Morgan fingerprint density at radius 2 is 2.05 bits per heavy atom. The molecule has 0 spiro atoms. The van der Waals surface area contributed by atoms with Gasteiger partial charge in [-0.05, 0) is 39.3 Å². The molecule has 0 saturated carbocycles. The minimum absolute atomic E-state index is 0. The number of halogens is 1. The van der Waals surface area contributed by atoms with Gasteiger partial charge in [0, 0.05) is 12.1 Å². The molecule has 1 rings (SSSR count). The zero-order valence-corrected chi connectivity index (χ0v) is 13.3. The van der Waals surface area contributed by atoms with Crippen molar-refractivity contribution in [1.82, 2.24) is 5.32 Å². The van der Waals surface area contributed by atoms with Gasteiger partial charge < -0.3 is 15.2 Å². The third-order valence-electron chi connectivity index (χ3n) is 2.65. The molecule has 0 bridgehead atoms. The van der Waals surface area contributed by atoms with Crippen LogP contribution in [0, 0.1) is 18.3 Å². The van der Waals surface area contributed by atoms with Crippen LogP contribution >= 0.6 is 12.4 Å². The number of β-amino-alcohol motifs (C(OH)–C–C–N with tert-alkyl or cyclic N) is 1. The first kappa shape index (κ1) is 18.7. The standard InChI is InChI=1S/C15H22N2O2.ClH/c1-11-6-5-7-14(13(11)8-16)19-10-12(18)9-17-15(2,3)4;/h5-7,12,17-18H,9-10H2,1-4H3;1H. The van der Waals surface area contributed by atoms with Gasteiger partial charge in [0.05, 0.1) is 5.56 Å². The van der Waals surface area contributed by atoms with E-state index in [-0.39, 0.29) is 24.6 Å². The van der Waals surface area contributed by atoms with Crippen molar-refractivity contribution in [2.45, 2.75) is 39.3 Å².